The highest BCUT2D eigenvalue weighted by molar-refractivity contribution is 14.1. The molecule has 0 bridgehead atoms. The van der Waals surface area contributed by atoms with E-state index in [-0.39, 0.29) is 0 Å². The molecule has 0 heterocycles. The Hall–Kier alpha value is -0.570. The first kappa shape index (κ1) is 8.05. The van der Waals surface area contributed by atoms with E-state index in [0.29, 0.717) is 0 Å². The molecule has 1 heteroatoms. The fourth-order valence-corrected chi connectivity index (χ4v) is 1.99. The van der Waals surface area contributed by atoms with Gasteiger partial charge >= 0.3 is 0 Å². The first-order valence-electron chi connectivity index (χ1n) is 3.77. The quantitative estimate of drug-likeness (QED) is 0.639. The van der Waals surface area contributed by atoms with Crippen molar-refractivity contribution in [2.75, 3.05) is 0 Å². The Morgan fingerprint density at radius 3 is 2.75 bits per heavy atom. The molecule has 0 aliphatic rings. The monoisotopic (exact) mass is 267 g/mol. The van der Waals surface area contributed by atoms with Crippen molar-refractivity contribution in [3.63, 3.8) is 0 Å². The Bertz CT molecular complexity index is 418. The van der Waals surface area contributed by atoms with E-state index in [1.807, 2.05) is 6.07 Å². The van der Waals surface area contributed by atoms with Gasteiger partial charge in [0.15, 0.2) is 0 Å². The van der Waals surface area contributed by atoms with Crippen molar-refractivity contribution in [3.05, 3.63) is 52.5 Å². The van der Waals surface area contributed by atoms with Crippen molar-refractivity contribution in [3.8, 4) is 0 Å². The second kappa shape index (κ2) is 3.05. The van der Waals surface area contributed by atoms with E-state index in [2.05, 4.69) is 59.8 Å². The summed E-state index contributed by atoms with van der Waals surface area (Å²) in [7, 11) is 0. The van der Waals surface area contributed by atoms with E-state index < -0.39 is 0 Å². The summed E-state index contributed by atoms with van der Waals surface area (Å²) in [4.78, 5) is 0. The van der Waals surface area contributed by atoms with Crippen LogP contribution in [0.5, 0.6) is 0 Å². The third-order valence-corrected chi connectivity index (χ3v) is 2.83. The third-order valence-electron chi connectivity index (χ3n) is 1.89. The average molecular weight is 267 g/mol. The maximum Gasteiger partial charge on any atom is 0.0208 e. The van der Waals surface area contributed by atoms with E-state index in [4.69, 9.17) is 0 Å². The topological polar surface area (TPSA) is 0 Å². The van der Waals surface area contributed by atoms with E-state index in [1.54, 1.807) is 0 Å². The summed E-state index contributed by atoms with van der Waals surface area (Å²) in [6.07, 6.45) is 0. The molecule has 2 aromatic carbocycles. The summed E-state index contributed by atoms with van der Waals surface area (Å²) in [6.45, 7) is 3.90. The van der Waals surface area contributed by atoms with Gasteiger partial charge in [-0.15, -0.1) is 0 Å². The van der Waals surface area contributed by atoms with Crippen LogP contribution >= 0.6 is 22.6 Å². The van der Waals surface area contributed by atoms with Gasteiger partial charge in [0.2, 0.25) is 0 Å². The molecule has 0 nitrogen and oxygen atoms in total. The zero-order valence-electron chi connectivity index (χ0n) is 6.55. The second-order valence-corrected chi connectivity index (χ2v) is 3.96. The Morgan fingerprint density at radius 2 is 1.92 bits per heavy atom. The molecule has 0 aliphatic heterocycles. The maximum absolute atomic E-state index is 3.90. The second-order valence-electron chi connectivity index (χ2n) is 2.80. The summed E-state index contributed by atoms with van der Waals surface area (Å²) < 4.78 is 1.30. The Labute approximate surface area is 85.7 Å². The average Bonchev–Trinajstić information content (AvgIpc) is 2.04. The van der Waals surface area contributed by atoms with Crippen molar-refractivity contribution in [1.82, 2.24) is 0 Å². The SMILES string of the molecule is [CH2]c1ccc2c(I)cccc2c1. The van der Waals surface area contributed by atoms with Gasteiger partial charge in [0.05, 0.1) is 0 Å². The van der Waals surface area contributed by atoms with E-state index in [0.717, 1.165) is 5.56 Å². The van der Waals surface area contributed by atoms with Crippen LogP contribution in [0.3, 0.4) is 0 Å². The largest absolute Gasteiger partial charge is 0.0606 e. The van der Waals surface area contributed by atoms with Gasteiger partial charge in [-0.05, 0) is 51.9 Å². The molecule has 12 heavy (non-hydrogen) atoms. The van der Waals surface area contributed by atoms with Crippen LogP contribution in [0.4, 0.5) is 0 Å². The molecule has 0 fully saturated rings. The molecule has 0 atom stereocenters. The molecule has 0 amide bonds. The minimum atomic E-state index is 1.07. The molecule has 1 radical (unpaired) electrons. The molecule has 0 unspecified atom stereocenters. The van der Waals surface area contributed by atoms with Gasteiger partial charge in [-0.3, -0.25) is 0 Å². The fraction of sp³-hybridized carbons (Fsp3) is 0. The third kappa shape index (κ3) is 1.33. The number of fused-ring (bicyclic) bond motifs is 1. The minimum absolute atomic E-state index is 1.07. The molecule has 0 spiro atoms. The molecule has 0 saturated carbocycles. The lowest BCUT2D eigenvalue weighted by molar-refractivity contribution is 1.64. The number of hydrogen-bond donors (Lipinski definition) is 0. The van der Waals surface area contributed by atoms with Crippen LogP contribution < -0.4 is 0 Å². The van der Waals surface area contributed by atoms with Crippen LogP contribution in [-0.4, -0.2) is 0 Å². The molecular formula is C11H8I. The predicted molar refractivity (Wildman–Crippen MR) is 61.1 cm³/mol. The van der Waals surface area contributed by atoms with Crippen LogP contribution in [0.25, 0.3) is 10.8 Å². The molecule has 0 aliphatic carbocycles. The Balaban J connectivity index is 2.86. The lowest BCUT2D eigenvalue weighted by Gasteiger charge is -2.00. The van der Waals surface area contributed by atoms with Gasteiger partial charge in [-0.1, -0.05) is 30.3 Å². The van der Waals surface area contributed by atoms with E-state index in [9.17, 15) is 0 Å². The summed E-state index contributed by atoms with van der Waals surface area (Å²) in [5.41, 5.74) is 1.07. The highest BCUT2D eigenvalue weighted by atomic mass is 127. The van der Waals surface area contributed by atoms with Crippen LogP contribution in [0.15, 0.2) is 36.4 Å². The van der Waals surface area contributed by atoms with Gasteiger partial charge in [-0.25, -0.2) is 0 Å². The van der Waals surface area contributed by atoms with Crippen molar-refractivity contribution >= 4 is 33.4 Å². The van der Waals surface area contributed by atoms with Crippen molar-refractivity contribution in [1.29, 1.82) is 0 Å². The maximum atomic E-state index is 3.90. The number of hydrogen-bond acceptors (Lipinski definition) is 0. The molecule has 0 saturated heterocycles. The summed E-state index contributed by atoms with van der Waals surface area (Å²) in [5.74, 6) is 0. The molecule has 59 valence electrons. The highest BCUT2D eigenvalue weighted by Crippen LogP contribution is 2.21. The standard InChI is InChI=1S/C11H8I/c1-8-5-6-10-9(7-8)3-2-4-11(10)12/h2-7H,1H2. The van der Waals surface area contributed by atoms with Crippen molar-refractivity contribution in [2.24, 2.45) is 0 Å². The molecular weight excluding hydrogens is 259 g/mol. The fourth-order valence-electron chi connectivity index (χ4n) is 1.29. The van der Waals surface area contributed by atoms with Gasteiger partial charge in [-0.2, -0.15) is 0 Å². The first-order chi connectivity index (χ1) is 5.77. The van der Waals surface area contributed by atoms with Crippen LogP contribution in [0.1, 0.15) is 5.56 Å². The molecule has 2 rings (SSSR count). The Kier molecular flexibility index (Phi) is 2.05. The Morgan fingerprint density at radius 1 is 1.08 bits per heavy atom. The van der Waals surface area contributed by atoms with Gasteiger partial charge in [0.1, 0.15) is 0 Å². The molecule has 0 aromatic heterocycles. The highest BCUT2D eigenvalue weighted by Gasteiger charge is 1.96. The number of halogens is 1. The lowest BCUT2D eigenvalue weighted by Crippen LogP contribution is -1.78. The molecule has 0 N–H and O–H groups in total. The summed E-state index contributed by atoms with van der Waals surface area (Å²) in [6, 6.07) is 12.6. The van der Waals surface area contributed by atoms with E-state index >= 15 is 0 Å². The molecule has 2 aromatic rings. The van der Waals surface area contributed by atoms with Crippen molar-refractivity contribution in [2.45, 2.75) is 0 Å². The summed E-state index contributed by atoms with van der Waals surface area (Å²) >= 11 is 2.35. The zero-order chi connectivity index (χ0) is 8.55. The van der Waals surface area contributed by atoms with Gasteiger partial charge in [0.25, 0.3) is 0 Å². The predicted octanol–water partition coefficient (Wildman–Crippen LogP) is 3.63. The van der Waals surface area contributed by atoms with Crippen LogP contribution in [-0.2, 0) is 0 Å². The van der Waals surface area contributed by atoms with Gasteiger partial charge < -0.3 is 0 Å². The minimum Gasteiger partial charge on any atom is -0.0606 e. The van der Waals surface area contributed by atoms with Gasteiger partial charge in [0, 0.05) is 3.57 Å². The van der Waals surface area contributed by atoms with E-state index in [1.165, 1.54) is 14.3 Å². The van der Waals surface area contributed by atoms with Crippen molar-refractivity contribution < 1.29 is 0 Å². The first-order valence-corrected chi connectivity index (χ1v) is 4.85. The summed E-state index contributed by atoms with van der Waals surface area (Å²) in [5, 5.41) is 2.58. The smallest absolute Gasteiger partial charge is 0.0208 e. The van der Waals surface area contributed by atoms with Crippen LogP contribution in [0.2, 0.25) is 0 Å². The zero-order valence-corrected chi connectivity index (χ0v) is 8.71. The number of benzene rings is 2. The lowest BCUT2D eigenvalue weighted by atomic mass is 10.1. The number of rotatable bonds is 0. The van der Waals surface area contributed by atoms with Crippen LogP contribution in [0, 0.1) is 10.5 Å². The normalized spacial score (nSPS) is 10.5.